The Labute approximate surface area is 192 Å². The number of nitrogens with zero attached hydrogens (tertiary/aromatic N) is 2. The maximum Gasteiger partial charge on any atom is 0.200 e. The average Bonchev–Trinajstić information content (AvgIpc) is 2.85. The van der Waals surface area contributed by atoms with Crippen molar-refractivity contribution in [2.75, 3.05) is 39.3 Å². The number of benzene rings is 3. The summed E-state index contributed by atoms with van der Waals surface area (Å²) in [6.07, 6.45) is -0.602. The third kappa shape index (κ3) is 5.09. The maximum atomic E-state index is 12.8. The van der Waals surface area contributed by atoms with Gasteiger partial charge in [0.15, 0.2) is 0 Å². The number of rotatable bonds is 7. The summed E-state index contributed by atoms with van der Waals surface area (Å²) in [5.41, 5.74) is 2.35. The molecule has 1 aromatic heterocycles. The van der Waals surface area contributed by atoms with E-state index in [9.17, 15) is 9.90 Å². The molecule has 0 bridgehead atoms. The Hall–Kier alpha value is -3.19. The number of para-hydroxylation sites is 1. The first-order chi connectivity index (χ1) is 16.2. The fraction of sp³-hybridized carbons (Fsp3) is 0.296. The van der Waals surface area contributed by atoms with Gasteiger partial charge in [0.05, 0.1) is 10.8 Å². The minimum atomic E-state index is -0.602. The number of piperazine rings is 1. The second-order valence-corrected chi connectivity index (χ2v) is 8.61. The van der Waals surface area contributed by atoms with Gasteiger partial charge in [0.2, 0.25) is 5.43 Å². The summed E-state index contributed by atoms with van der Waals surface area (Å²) in [5.74, 6) is 0.553. The lowest BCUT2D eigenvalue weighted by Crippen LogP contribution is -2.48. The van der Waals surface area contributed by atoms with Crippen LogP contribution in [0.2, 0.25) is 0 Å². The molecular formula is C27H28N2O4. The molecule has 6 nitrogen and oxygen atoms in total. The van der Waals surface area contributed by atoms with E-state index in [1.807, 2.05) is 18.2 Å². The third-order valence-corrected chi connectivity index (χ3v) is 6.17. The van der Waals surface area contributed by atoms with Gasteiger partial charge in [-0.25, -0.2) is 0 Å². The summed E-state index contributed by atoms with van der Waals surface area (Å²) >= 11 is 0. The number of hydrogen-bond acceptors (Lipinski definition) is 6. The Morgan fingerprint density at radius 3 is 2.36 bits per heavy atom. The fourth-order valence-electron chi connectivity index (χ4n) is 4.39. The van der Waals surface area contributed by atoms with E-state index in [0.717, 1.165) is 32.7 Å². The van der Waals surface area contributed by atoms with Crippen molar-refractivity contribution in [3.8, 4) is 5.75 Å². The smallest absolute Gasteiger partial charge is 0.200 e. The van der Waals surface area contributed by atoms with Crippen LogP contribution in [-0.2, 0) is 6.54 Å². The third-order valence-electron chi connectivity index (χ3n) is 6.17. The monoisotopic (exact) mass is 444 g/mol. The van der Waals surface area contributed by atoms with Gasteiger partial charge in [-0.1, -0.05) is 42.5 Å². The largest absolute Gasteiger partial charge is 0.491 e. The average molecular weight is 445 g/mol. The summed E-state index contributed by atoms with van der Waals surface area (Å²) in [6.45, 7) is 5.52. The lowest BCUT2D eigenvalue weighted by molar-refractivity contribution is 0.0446. The molecule has 0 spiro atoms. The van der Waals surface area contributed by atoms with E-state index in [0.29, 0.717) is 34.2 Å². The van der Waals surface area contributed by atoms with Crippen molar-refractivity contribution in [1.29, 1.82) is 0 Å². The van der Waals surface area contributed by atoms with Crippen molar-refractivity contribution in [2.45, 2.75) is 12.6 Å². The van der Waals surface area contributed by atoms with E-state index < -0.39 is 6.10 Å². The second kappa shape index (κ2) is 9.75. The van der Waals surface area contributed by atoms with Gasteiger partial charge in [0.1, 0.15) is 29.6 Å². The lowest BCUT2D eigenvalue weighted by Gasteiger charge is -2.35. The molecule has 0 aliphatic carbocycles. The van der Waals surface area contributed by atoms with Crippen LogP contribution >= 0.6 is 0 Å². The highest BCUT2D eigenvalue weighted by Crippen LogP contribution is 2.22. The van der Waals surface area contributed by atoms with Crippen molar-refractivity contribution in [3.05, 3.63) is 88.6 Å². The molecule has 170 valence electrons. The molecule has 6 heteroatoms. The van der Waals surface area contributed by atoms with Gasteiger partial charge in [-0.15, -0.1) is 0 Å². The first-order valence-electron chi connectivity index (χ1n) is 11.4. The molecule has 1 aliphatic rings. The molecule has 1 aliphatic heterocycles. The second-order valence-electron chi connectivity index (χ2n) is 8.61. The summed E-state index contributed by atoms with van der Waals surface area (Å²) in [6, 6.07) is 22.9. The summed E-state index contributed by atoms with van der Waals surface area (Å²) < 4.78 is 11.7. The van der Waals surface area contributed by atoms with Crippen LogP contribution in [0.3, 0.4) is 0 Å². The number of hydrogen-bond donors (Lipinski definition) is 1. The summed E-state index contributed by atoms with van der Waals surface area (Å²) in [4.78, 5) is 17.5. The Morgan fingerprint density at radius 2 is 1.55 bits per heavy atom. The zero-order chi connectivity index (χ0) is 22.6. The Balaban J connectivity index is 1.14. The van der Waals surface area contributed by atoms with Crippen LogP contribution < -0.4 is 10.2 Å². The summed E-state index contributed by atoms with van der Waals surface area (Å²) in [5, 5.41) is 11.5. The van der Waals surface area contributed by atoms with Gasteiger partial charge in [-0.05, 0) is 35.9 Å². The van der Waals surface area contributed by atoms with Crippen molar-refractivity contribution in [3.63, 3.8) is 0 Å². The lowest BCUT2D eigenvalue weighted by atomic mass is 10.1. The maximum absolute atomic E-state index is 12.8. The molecule has 0 amide bonds. The number of ether oxygens (including phenoxy) is 1. The predicted molar refractivity (Wildman–Crippen MR) is 130 cm³/mol. The number of aliphatic hydroxyl groups excluding tert-OH is 1. The van der Waals surface area contributed by atoms with Gasteiger partial charge in [-0.3, -0.25) is 14.6 Å². The van der Waals surface area contributed by atoms with Crippen LogP contribution in [0, 0.1) is 0 Å². The van der Waals surface area contributed by atoms with Crippen molar-refractivity contribution >= 4 is 21.9 Å². The molecule has 1 unspecified atom stereocenters. The molecule has 2 heterocycles. The first kappa shape index (κ1) is 21.6. The normalized spacial score (nSPS) is 16.3. The molecule has 1 atom stereocenters. The van der Waals surface area contributed by atoms with Crippen molar-refractivity contribution < 1.29 is 14.3 Å². The zero-order valence-electron chi connectivity index (χ0n) is 18.5. The van der Waals surface area contributed by atoms with E-state index in [4.69, 9.17) is 9.15 Å². The van der Waals surface area contributed by atoms with E-state index in [2.05, 4.69) is 34.1 Å². The standard InChI is InChI=1S/C27H28N2O4/c30-21(18-29-14-12-28(13-15-29)17-20-6-2-1-3-7-20)19-32-22-10-11-26-24(16-22)27(31)23-8-4-5-9-25(23)33-26/h1-11,16,21,30H,12-15,17-19H2. The number of β-amino-alcohol motifs (C(OH)–C–C–N with tert-alkyl or cyclic N) is 1. The van der Waals surface area contributed by atoms with Crippen LogP contribution in [0.5, 0.6) is 5.75 Å². The van der Waals surface area contributed by atoms with E-state index in [1.54, 1.807) is 30.3 Å². The number of fused-ring (bicyclic) bond motifs is 2. The number of aliphatic hydroxyl groups is 1. The van der Waals surface area contributed by atoms with Crippen LogP contribution in [0.1, 0.15) is 5.56 Å². The van der Waals surface area contributed by atoms with Gasteiger partial charge >= 0.3 is 0 Å². The van der Waals surface area contributed by atoms with Gasteiger partial charge in [-0.2, -0.15) is 0 Å². The van der Waals surface area contributed by atoms with Crippen molar-refractivity contribution in [1.82, 2.24) is 9.80 Å². The van der Waals surface area contributed by atoms with E-state index >= 15 is 0 Å². The Bertz CT molecular complexity index is 1280. The van der Waals surface area contributed by atoms with Crippen LogP contribution in [0.4, 0.5) is 0 Å². The highest BCUT2D eigenvalue weighted by atomic mass is 16.5. The highest BCUT2D eigenvalue weighted by molar-refractivity contribution is 5.90. The Morgan fingerprint density at radius 1 is 0.848 bits per heavy atom. The predicted octanol–water partition coefficient (Wildman–Crippen LogP) is 3.50. The minimum Gasteiger partial charge on any atom is -0.491 e. The SMILES string of the molecule is O=c1c2ccccc2oc2ccc(OCC(O)CN3CCN(Cc4ccccc4)CC3)cc12. The molecule has 5 rings (SSSR count). The van der Waals surface area contributed by atoms with Gasteiger partial charge in [0, 0.05) is 39.3 Å². The fourth-order valence-corrected chi connectivity index (χ4v) is 4.39. The van der Waals surface area contributed by atoms with Crippen LogP contribution in [0.25, 0.3) is 21.9 Å². The minimum absolute atomic E-state index is 0.0776. The molecule has 1 saturated heterocycles. The Kier molecular flexibility index (Phi) is 6.39. The topological polar surface area (TPSA) is 66.2 Å². The van der Waals surface area contributed by atoms with E-state index in [1.165, 1.54) is 5.56 Å². The molecule has 4 aromatic rings. The zero-order valence-corrected chi connectivity index (χ0v) is 18.5. The molecular weight excluding hydrogens is 416 g/mol. The van der Waals surface area contributed by atoms with Crippen molar-refractivity contribution in [2.24, 2.45) is 0 Å². The molecule has 0 saturated carbocycles. The summed E-state index contributed by atoms with van der Waals surface area (Å²) in [7, 11) is 0. The molecule has 1 fully saturated rings. The highest BCUT2D eigenvalue weighted by Gasteiger charge is 2.20. The molecule has 33 heavy (non-hydrogen) atoms. The molecule has 1 N–H and O–H groups in total. The quantitative estimate of drug-likeness (QED) is 0.440. The van der Waals surface area contributed by atoms with Gasteiger partial charge in [0.25, 0.3) is 0 Å². The molecule has 3 aromatic carbocycles. The molecule has 0 radical (unpaired) electrons. The van der Waals surface area contributed by atoms with E-state index in [-0.39, 0.29) is 12.0 Å². The van der Waals surface area contributed by atoms with Crippen LogP contribution in [-0.4, -0.2) is 60.3 Å². The van der Waals surface area contributed by atoms with Gasteiger partial charge < -0.3 is 14.3 Å². The van der Waals surface area contributed by atoms with Crippen LogP contribution in [0.15, 0.2) is 82.0 Å². The first-order valence-corrected chi connectivity index (χ1v) is 11.4.